The Morgan fingerprint density at radius 1 is 0.975 bits per heavy atom. The minimum atomic E-state index is -3.99. The van der Waals surface area contributed by atoms with Gasteiger partial charge in [-0.1, -0.05) is 47.5 Å². The van der Waals surface area contributed by atoms with E-state index in [1.807, 2.05) is 24.3 Å². The lowest BCUT2D eigenvalue weighted by atomic mass is 9.91. The lowest BCUT2D eigenvalue weighted by molar-refractivity contribution is -0.124. The second kappa shape index (κ2) is 10.2. The highest BCUT2D eigenvalue weighted by atomic mass is 35.5. The molecule has 10 nitrogen and oxygen atoms in total. The minimum absolute atomic E-state index is 0.0629. The van der Waals surface area contributed by atoms with Gasteiger partial charge in [0.25, 0.3) is 15.9 Å². The molecule has 0 spiro atoms. The lowest BCUT2D eigenvalue weighted by Gasteiger charge is -2.30. The molecule has 2 aliphatic heterocycles. The molecule has 4 aromatic rings. The fraction of sp³-hybridized carbons (Fsp3) is 0.259. The number of carbonyl (C=O) groups is 1. The number of benzene rings is 2. The van der Waals surface area contributed by atoms with E-state index >= 15 is 0 Å². The number of halogens is 2. The van der Waals surface area contributed by atoms with Crippen molar-refractivity contribution in [2.45, 2.75) is 23.9 Å². The maximum absolute atomic E-state index is 14.2. The molecule has 0 N–H and O–H groups in total. The molecule has 2 aliphatic rings. The van der Waals surface area contributed by atoms with E-state index in [1.54, 1.807) is 43.7 Å². The highest BCUT2D eigenvalue weighted by molar-refractivity contribution is 7.89. The van der Waals surface area contributed by atoms with Crippen molar-refractivity contribution >= 4 is 50.8 Å². The zero-order valence-corrected chi connectivity index (χ0v) is 23.7. The van der Waals surface area contributed by atoms with Crippen LogP contribution in [0.25, 0.3) is 11.3 Å². The average molecular weight is 599 g/mol. The number of sulfonamides is 1. The van der Waals surface area contributed by atoms with Crippen LogP contribution in [-0.4, -0.2) is 64.5 Å². The molecule has 1 fully saturated rings. The summed E-state index contributed by atoms with van der Waals surface area (Å²) in [6.45, 7) is 2.74. The number of hydrogen-bond acceptors (Lipinski definition) is 7. The number of aromatic nitrogens is 4. The Hall–Kier alpha value is -3.35. The van der Waals surface area contributed by atoms with Gasteiger partial charge in [0, 0.05) is 47.5 Å². The van der Waals surface area contributed by atoms with Gasteiger partial charge < -0.3 is 4.74 Å². The second-order valence-electron chi connectivity index (χ2n) is 9.75. The third-order valence-corrected chi connectivity index (χ3v) is 9.41. The summed E-state index contributed by atoms with van der Waals surface area (Å²) in [7, 11) is -3.99. The van der Waals surface area contributed by atoms with Gasteiger partial charge in [0.15, 0.2) is 5.03 Å². The van der Waals surface area contributed by atoms with Crippen LogP contribution in [0.4, 0.5) is 11.6 Å². The molecule has 0 unspecified atom stereocenters. The molecule has 40 heavy (non-hydrogen) atoms. The van der Waals surface area contributed by atoms with Crippen molar-refractivity contribution in [3.63, 3.8) is 0 Å². The number of anilines is 2. The standard InChI is InChI=1S/C27H24Cl2N6O4S/c1-27(15-18-2-4-19(5-3-18)23-16-30-6-7-31-23)25(36)34(22-13-20(28)12-21(29)14-22)26-32-17-24(35(26)27)40(37,38)33-8-10-39-11-9-33/h2-7,12-14,16-17H,8-11,15H2,1H3/t27-/m1/s1. The Morgan fingerprint density at radius 3 is 2.33 bits per heavy atom. The molecule has 1 saturated heterocycles. The third kappa shape index (κ3) is 4.57. The maximum Gasteiger partial charge on any atom is 0.260 e. The Labute approximate surface area is 241 Å². The fourth-order valence-electron chi connectivity index (χ4n) is 5.17. The zero-order chi connectivity index (χ0) is 28.1. The summed E-state index contributed by atoms with van der Waals surface area (Å²) in [4.78, 5) is 28.5. The molecule has 13 heteroatoms. The van der Waals surface area contributed by atoms with Gasteiger partial charge in [-0.25, -0.2) is 18.3 Å². The van der Waals surface area contributed by atoms with E-state index < -0.39 is 15.6 Å². The van der Waals surface area contributed by atoms with Crippen molar-refractivity contribution in [2.24, 2.45) is 0 Å². The van der Waals surface area contributed by atoms with Crippen LogP contribution in [0.3, 0.4) is 0 Å². The van der Waals surface area contributed by atoms with Gasteiger partial charge in [-0.15, -0.1) is 0 Å². The van der Waals surface area contributed by atoms with E-state index in [9.17, 15) is 13.2 Å². The van der Waals surface area contributed by atoms with Gasteiger partial charge in [-0.2, -0.15) is 4.31 Å². The molecule has 0 aliphatic carbocycles. The van der Waals surface area contributed by atoms with Gasteiger partial charge in [0.2, 0.25) is 5.95 Å². The quantitative estimate of drug-likeness (QED) is 0.325. The number of nitrogens with zero attached hydrogens (tertiary/aromatic N) is 6. The van der Waals surface area contributed by atoms with Gasteiger partial charge in [0.05, 0.1) is 37.0 Å². The minimum Gasteiger partial charge on any atom is -0.379 e. The van der Waals surface area contributed by atoms with Crippen molar-refractivity contribution < 1.29 is 17.9 Å². The van der Waals surface area contributed by atoms with Gasteiger partial charge in [0.1, 0.15) is 5.54 Å². The first kappa shape index (κ1) is 26.9. The van der Waals surface area contributed by atoms with Crippen LogP contribution in [0.1, 0.15) is 12.5 Å². The number of hydrogen-bond donors (Lipinski definition) is 0. The Kier molecular flexibility index (Phi) is 6.87. The molecular weight excluding hydrogens is 575 g/mol. The van der Waals surface area contributed by atoms with Gasteiger partial charge in [-0.05, 0) is 30.7 Å². The zero-order valence-electron chi connectivity index (χ0n) is 21.4. The number of amides is 1. The Balaban J connectivity index is 1.45. The average Bonchev–Trinajstić information content (AvgIpc) is 3.48. The summed E-state index contributed by atoms with van der Waals surface area (Å²) in [5.41, 5.74) is 1.48. The molecule has 1 atom stereocenters. The van der Waals surface area contributed by atoms with Crippen LogP contribution in [0.5, 0.6) is 0 Å². The second-order valence-corrected chi connectivity index (χ2v) is 12.5. The summed E-state index contributed by atoms with van der Waals surface area (Å²) < 4.78 is 35.9. The van der Waals surface area contributed by atoms with Gasteiger partial charge in [-0.3, -0.25) is 19.3 Å². The van der Waals surface area contributed by atoms with E-state index in [4.69, 9.17) is 27.9 Å². The van der Waals surface area contributed by atoms with E-state index in [2.05, 4.69) is 15.0 Å². The van der Waals surface area contributed by atoms with Crippen molar-refractivity contribution in [1.82, 2.24) is 23.8 Å². The summed E-state index contributed by atoms with van der Waals surface area (Å²) >= 11 is 12.6. The van der Waals surface area contributed by atoms with Crippen molar-refractivity contribution in [3.05, 3.63) is 82.9 Å². The summed E-state index contributed by atoms with van der Waals surface area (Å²) in [5.74, 6) is -0.181. The van der Waals surface area contributed by atoms with Crippen molar-refractivity contribution in [2.75, 3.05) is 31.2 Å². The summed E-state index contributed by atoms with van der Waals surface area (Å²) in [5, 5.41) is 0.609. The number of rotatable bonds is 6. The highest BCUT2D eigenvalue weighted by Crippen LogP contribution is 2.45. The number of imidazole rings is 1. The molecule has 6 rings (SSSR count). The van der Waals surface area contributed by atoms with Crippen LogP contribution in [-0.2, 0) is 31.5 Å². The molecule has 2 aromatic heterocycles. The normalized spacial score (nSPS) is 19.7. The largest absolute Gasteiger partial charge is 0.379 e. The SMILES string of the molecule is C[C@@]1(Cc2ccc(-c3cnccn3)cc2)C(=O)N(c2cc(Cl)cc(Cl)c2)c2ncc(S(=O)(=O)N3CCOCC3)n21. The third-order valence-electron chi connectivity index (χ3n) is 7.11. The number of carbonyl (C=O) groups excluding carboxylic acids is 1. The number of morpholine rings is 1. The predicted octanol–water partition coefficient (Wildman–Crippen LogP) is 4.30. The van der Waals surface area contributed by atoms with Crippen LogP contribution in [0, 0.1) is 0 Å². The van der Waals surface area contributed by atoms with E-state index in [0.717, 1.165) is 16.8 Å². The first-order valence-electron chi connectivity index (χ1n) is 12.5. The molecule has 1 amide bonds. The smallest absolute Gasteiger partial charge is 0.260 e. The topological polar surface area (TPSA) is 111 Å². The van der Waals surface area contributed by atoms with Crippen LogP contribution < -0.4 is 4.90 Å². The molecule has 2 aromatic carbocycles. The van der Waals surface area contributed by atoms with Crippen LogP contribution in [0.15, 0.2) is 72.3 Å². The molecule has 0 radical (unpaired) electrons. The first-order valence-corrected chi connectivity index (χ1v) is 14.7. The van der Waals surface area contributed by atoms with E-state index in [1.165, 1.54) is 20.0 Å². The molecule has 0 saturated carbocycles. The maximum atomic E-state index is 14.2. The fourth-order valence-corrected chi connectivity index (χ4v) is 7.28. The van der Waals surface area contributed by atoms with Crippen LogP contribution >= 0.6 is 23.2 Å². The summed E-state index contributed by atoms with van der Waals surface area (Å²) in [6, 6.07) is 12.4. The van der Waals surface area contributed by atoms with Crippen LogP contribution in [0.2, 0.25) is 10.0 Å². The van der Waals surface area contributed by atoms with Crippen molar-refractivity contribution in [1.29, 1.82) is 0 Å². The number of ether oxygens (including phenoxy) is 1. The monoisotopic (exact) mass is 598 g/mol. The Bertz CT molecular complexity index is 1670. The van der Waals surface area contributed by atoms with E-state index in [0.29, 0.717) is 28.9 Å². The lowest BCUT2D eigenvalue weighted by Crippen LogP contribution is -2.45. The number of fused-ring (bicyclic) bond motifs is 1. The molecule has 4 heterocycles. The summed E-state index contributed by atoms with van der Waals surface area (Å²) in [6.07, 6.45) is 6.41. The van der Waals surface area contributed by atoms with Crippen molar-refractivity contribution in [3.8, 4) is 11.3 Å². The molecule has 0 bridgehead atoms. The highest BCUT2D eigenvalue weighted by Gasteiger charge is 2.52. The Morgan fingerprint density at radius 2 is 1.68 bits per heavy atom. The van der Waals surface area contributed by atoms with E-state index in [-0.39, 0.29) is 36.4 Å². The molecule has 206 valence electrons. The first-order chi connectivity index (χ1) is 19.2. The molecular formula is C27H24Cl2N6O4S. The van der Waals surface area contributed by atoms with Gasteiger partial charge >= 0.3 is 0 Å². The predicted molar refractivity (Wildman–Crippen MR) is 150 cm³/mol.